The van der Waals surface area contributed by atoms with Gasteiger partial charge < -0.3 is 46.9 Å². The van der Waals surface area contributed by atoms with E-state index in [1.165, 1.54) is 41.5 Å². The van der Waals surface area contributed by atoms with E-state index in [1.54, 1.807) is 4.90 Å². The largest absolute Gasteiger partial charge is 0.345 e. The van der Waals surface area contributed by atoms with Crippen molar-refractivity contribution in [1.29, 1.82) is 0 Å². The molecule has 0 spiro atoms. The van der Waals surface area contributed by atoms with Crippen LogP contribution in [0.25, 0.3) is 0 Å². The maximum atomic E-state index is 13.5. The molecule has 1 aliphatic rings. The van der Waals surface area contributed by atoms with Gasteiger partial charge in [-0.05, 0) is 79.6 Å². The van der Waals surface area contributed by atoms with E-state index in [0.717, 1.165) is 51.4 Å². The molecule has 0 bridgehead atoms. The lowest BCUT2D eigenvalue weighted by molar-refractivity contribution is -0.139. The molecule has 2 unspecified atom stereocenters. The third-order valence-electron chi connectivity index (χ3n) is 10.3. The van der Waals surface area contributed by atoms with E-state index in [9.17, 15) is 43.2 Å². The molecule has 1 rings (SSSR count). The lowest BCUT2D eigenvalue weighted by atomic mass is 9.98. The monoisotopic (exact) mass is 849 g/mol. The van der Waals surface area contributed by atoms with Crippen molar-refractivity contribution in [3.8, 4) is 0 Å². The minimum atomic E-state index is -1.52. The number of unbranched alkanes of at least 4 members (excludes halogenated alkanes) is 7. The molecule has 1 aliphatic heterocycles. The summed E-state index contributed by atoms with van der Waals surface area (Å²) in [6, 6.07) is -2.64. The van der Waals surface area contributed by atoms with Crippen molar-refractivity contribution < 1.29 is 43.2 Å². The number of likely N-dealkylation sites (tertiary alicyclic amines) is 1. The van der Waals surface area contributed by atoms with E-state index in [-0.39, 0.29) is 18.2 Å². The highest BCUT2D eigenvalue weighted by molar-refractivity contribution is 5.98. The smallest absolute Gasteiger partial charge is 0.245 e. The van der Waals surface area contributed by atoms with Crippen LogP contribution in [0.15, 0.2) is 0 Å². The minimum Gasteiger partial charge on any atom is -0.345 e. The van der Waals surface area contributed by atoms with E-state index < -0.39 is 89.2 Å². The third-order valence-corrected chi connectivity index (χ3v) is 10.3. The molecule has 3 atom stereocenters. The molecule has 0 aromatic rings. The van der Waals surface area contributed by atoms with Crippen LogP contribution in [0.5, 0.6) is 0 Å². The van der Waals surface area contributed by atoms with Gasteiger partial charge in [0.05, 0.1) is 18.6 Å². The molecule has 8 amide bonds. The zero-order valence-corrected chi connectivity index (χ0v) is 38.0. The first-order chi connectivity index (χ1) is 28.0. The Labute approximate surface area is 357 Å². The van der Waals surface area contributed by atoms with Crippen molar-refractivity contribution in [2.24, 2.45) is 5.92 Å². The van der Waals surface area contributed by atoms with Crippen LogP contribution in [0, 0.1) is 5.92 Å². The van der Waals surface area contributed by atoms with Gasteiger partial charge in [-0.25, -0.2) is 0 Å². The third kappa shape index (κ3) is 19.7. The second-order valence-electron chi connectivity index (χ2n) is 18.1. The summed E-state index contributed by atoms with van der Waals surface area (Å²) in [5.41, 5.74) is -4.11. The summed E-state index contributed by atoms with van der Waals surface area (Å²) >= 11 is 0. The van der Waals surface area contributed by atoms with E-state index >= 15 is 0 Å². The summed E-state index contributed by atoms with van der Waals surface area (Å²) in [5, 5.41) is 18.2. The molecule has 0 radical (unpaired) electrons. The normalized spacial score (nSPS) is 15.3. The summed E-state index contributed by atoms with van der Waals surface area (Å²) in [5.74, 6) is -4.37. The molecule has 0 aromatic carbocycles. The fourth-order valence-electron chi connectivity index (χ4n) is 6.67. The van der Waals surface area contributed by atoms with Crippen molar-refractivity contribution in [1.82, 2.24) is 42.1 Å². The number of aldehydes is 1. The first-order valence-electron chi connectivity index (χ1n) is 21.9. The van der Waals surface area contributed by atoms with Crippen LogP contribution in [-0.4, -0.2) is 113 Å². The Morgan fingerprint density at radius 1 is 0.667 bits per heavy atom. The standard InChI is InChI=1S/C43H76N8O9/c1-11-13-15-16-17-19-21-30(47-38(58)32-22-20-24-51(32)35(55)23-18-14-12-2)36(56)44-27-34(54)48-42(7,8)39(59)45-26-33(53)46-31(25-29(3)4)37(57)49-43(9,10)40(60)50-41(5,6)28-52/h28-32H,11-27H2,1-10H3,(H,44,56)(H,45,59)(H,46,53)(H,47,58)(H,48,54)(H,49,57)(H,50,60)/t30?,31-,32?/m0/s1. The van der Waals surface area contributed by atoms with Crippen molar-refractivity contribution in [3.05, 3.63) is 0 Å². The molecule has 7 N–H and O–H groups in total. The average Bonchev–Trinajstić information content (AvgIpc) is 3.66. The fraction of sp³-hybridized carbons (Fsp3) is 0.791. The van der Waals surface area contributed by atoms with Crippen LogP contribution in [-0.2, 0) is 43.2 Å². The topological polar surface area (TPSA) is 241 Å². The highest BCUT2D eigenvalue weighted by atomic mass is 16.2. The van der Waals surface area contributed by atoms with Crippen molar-refractivity contribution >= 4 is 53.5 Å². The second-order valence-corrected chi connectivity index (χ2v) is 18.1. The van der Waals surface area contributed by atoms with Gasteiger partial charge in [-0.2, -0.15) is 0 Å². The number of nitrogens with one attached hydrogen (secondary N) is 7. The number of carbonyl (C=O) groups is 9. The Hall–Kier alpha value is -4.57. The number of rotatable bonds is 28. The highest BCUT2D eigenvalue weighted by Crippen LogP contribution is 2.20. The van der Waals surface area contributed by atoms with Crippen LogP contribution in [0.1, 0.15) is 159 Å². The molecular formula is C43H76N8O9. The quantitative estimate of drug-likeness (QED) is 0.0451. The molecule has 1 fully saturated rings. The lowest BCUT2D eigenvalue weighted by Crippen LogP contribution is -2.62. The van der Waals surface area contributed by atoms with E-state index in [4.69, 9.17) is 0 Å². The molecule has 60 heavy (non-hydrogen) atoms. The van der Waals surface area contributed by atoms with Gasteiger partial charge in [0.15, 0.2) is 0 Å². The first-order valence-corrected chi connectivity index (χ1v) is 21.9. The van der Waals surface area contributed by atoms with Crippen LogP contribution in [0.4, 0.5) is 0 Å². The van der Waals surface area contributed by atoms with Crippen LogP contribution in [0.2, 0.25) is 0 Å². The highest BCUT2D eigenvalue weighted by Gasteiger charge is 2.37. The SMILES string of the molecule is CCCCCCCCC(NC(=O)C1CCCN1C(=O)CCCCC)C(=O)NCC(=O)NC(C)(C)C(=O)NCC(=O)N[C@@H](CC(C)C)C(=O)NC(C)(C)C(=O)NC(C)(C)C=O. The van der Waals surface area contributed by atoms with Crippen molar-refractivity contribution in [2.75, 3.05) is 19.6 Å². The molecule has 0 saturated carbocycles. The second kappa shape index (κ2) is 25.9. The zero-order valence-electron chi connectivity index (χ0n) is 38.0. The predicted molar refractivity (Wildman–Crippen MR) is 229 cm³/mol. The Morgan fingerprint density at radius 3 is 1.87 bits per heavy atom. The predicted octanol–water partition coefficient (Wildman–Crippen LogP) is 2.44. The Bertz CT molecular complexity index is 1480. The average molecular weight is 849 g/mol. The van der Waals surface area contributed by atoms with Gasteiger partial charge in [-0.15, -0.1) is 0 Å². The van der Waals surface area contributed by atoms with Gasteiger partial charge >= 0.3 is 0 Å². The van der Waals surface area contributed by atoms with Crippen LogP contribution < -0.4 is 37.2 Å². The Balaban J connectivity index is 2.85. The minimum absolute atomic E-state index is 0.0354. The fourth-order valence-corrected chi connectivity index (χ4v) is 6.67. The number of nitrogens with zero attached hydrogens (tertiary/aromatic N) is 1. The maximum absolute atomic E-state index is 13.5. The lowest BCUT2D eigenvalue weighted by Gasteiger charge is -2.31. The summed E-state index contributed by atoms with van der Waals surface area (Å²) in [6.45, 7) is 16.2. The molecule has 1 saturated heterocycles. The van der Waals surface area contributed by atoms with Gasteiger partial charge in [0.2, 0.25) is 47.3 Å². The Kier molecular flexibility index (Phi) is 23.1. The number of amides is 8. The molecule has 342 valence electrons. The zero-order chi connectivity index (χ0) is 45.7. The van der Waals surface area contributed by atoms with Gasteiger partial charge in [0.1, 0.15) is 35.5 Å². The van der Waals surface area contributed by atoms with Crippen molar-refractivity contribution in [3.63, 3.8) is 0 Å². The van der Waals surface area contributed by atoms with E-state index in [0.29, 0.717) is 44.9 Å². The van der Waals surface area contributed by atoms with Gasteiger partial charge in [0.25, 0.3) is 0 Å². The van der Waals surface area contributed by atoms with Crippen molar-refractivity contribution in [2.45, 2.75) is 194 Å². The van der Waals surface area contributed by atoms with E-state index in [2.05, 4.69) is 51.1 Å². The summed E-state index contributed by atoms with van der Waals surface area (Å²) < 4.78 is 0. The van der Waals surface area contributed by atoms with Gasteiger partial charge in [-0.1, -0.05) is 79.1 Å². The van der Waals surface area contributed by atoms with Crippen LogP contribution in [0.3, 0.4) is 0 Å². The number of hydrogen-bond acceptors (Lipinski definition) is 9. The van der Waals surface area contributed by atoms with Gasteiger partial charge in [0, 0.05) is 13.0 Å². The summed E-state index contributed by atoms with van der Waals surface area (Å²) in [7, 11) is 0. The number of carbonyl (C=O) groups excluding carboxylic acids is 9. The molecular weight excluding hydrogens is 773 g/mol. The molecule has 0 aliphatic carbocycles. The molecule has 0 aromatic heterocycles. The first kappa shape index (κ1) is 53.4. The van der Waals surface area contributed by atoms with Crippen LogP contribution >= 0.6 is 0 Å². The van der Waals surface area contributed by atoms with Gasteiger partial charge in [-0.3, -0.25) is 38.4 Å². The Morgan fingerprint density at radius 2 is 1.25 bits per heavy atom. The summed E-state index contributed by atoms with van der Waals surface area (Å²) in [4.78, 5) is 118. The number of hydrogen-bond donors (Lipinski definition) is 7. The molecule has 1 heterocycles. The molecule has 17 nitrogen and oxygen atoms in total. The summed E-state index contributed by atoms with van der Waals surface area (Å²) in [6.07, 6.45) is 11.2. The van der Waals surface area contributed by atoms with E-state index in [1.807, 2.05) is 13.8 Å². The maximum Gasteiger partial charge on any atom is 0.245 e. The molecule has 17 heteroatoms.